The number of alkyl halides is 1. The number of benzene rings is 3. The molecule has 3 aromatic carbocycles. The Morgan fingerprint density at radius 1 is 0.957 bits per heavy atom. The summed E-state index contributed by atoms with van der Waals surface area (Å²) in [5, 5.41) is 0. The van der Waals surface area contributed by atoms with Crippen LogP contribution in [0.3, 0.4) is 0 Å². The minimum absolute atomic E-state index is 0.203. The van der Waals surface area contributed by atoms with Gasteiger partial charge in [0.25, 0.3) is 0 Å². The first-order chi connectivity index (χ1) is 22.2. The van der Waals surface area contributed by atoms with Crippen LogP contribution in [0.5, 0.6) is 17.2 Å². The Kier molecular flexibility index (Phi) is 12.5. The summed E-state index contributed by atoms with van der Waals surface area (Å²) >= 11 is 0. The number of hydrogen-bond acceptors (Lipinski definition) is 6. The average Bonchev–Trinajstić information content (AvgIpc) is 3.05. The van der Waals surface area contributed by atoms with Gasteiger partial charge in [0.2, 0.25) is 0 Å². The maximum Gasteiger partial charge on any atom is 0.316 e. The Morgan fingerprint density at radius 3 is 2.30 bits per heavy atom. The normalized spacial score (nSPS) is 16.4. The van der Waals surface area contributed by atoms with Crippen LogP contribution in [-0.2, 0) is 24.2 Å². The standard InChI is InChI=1S/C37H47FN2O4.C2H6/c1-6-40(25-26-7-12-31(13-8-26)43-18-17-39-23-27(22-38)24-39)35-21-32(42-5)15-16-34(35)30-10-9-29-20-33(14-11-28(29)19-30)44-36(41)37(2,3)4;1-2/h7-8,11-16,20-21,27,30H,6,9-10,17-19,22-25H2,1-5H3;1-2H3. The van der Waals surface area contributed by atoms with E-state index in [-0.39, 0.29) is 18.6 Å². The molecule has 1 unspecified atom stereocenters. The van der Waals surface area contributed by atoms with Crippen LogP contribution in [0.15, 0.2) is 60.7 Å². The number of nitrogens with zero attached hydrogens (tertiary/aromatic N) is 2. The highest BCUT2D eigenvalue weighted by molar-refractivity contribution is 5.78. The molecule has 6 nitrogen and oxygen atoms in total. The Hall–Kier alpha value is -3.58. The first-order valence-electron chi connectivity index (χ1n) is 16.9. The smallest absolute Gasteiger partial charge is 0.316 e. The van der Waals surface area contributed by atoms with Crippen LogP contribution in [0, 0.1) is 11.3 Å². The molecule has 1 heterocycles. The fourth-order valence-corrected chi connectivity index (χ4v) is 6.12. The molecule has 2 aliphatic rings. The predicted molar refractivity (Wildman–Crippen MR) is 185 cm³/mol. The molecule has 46 heavy (non-hydrogen) atoms. The highest BCUT2D eigenvalue weighted by Crippen LogP contribution is 2.40. The third-order valence-electron chi connectivity index (χ3n) is 8.85. The Bertz CT molecular complexity index is 1410. The number of ether oxygens (including phenoxy) is 3. The van der Waals surface area contributed by atoms with Crippen molar-refractivity contribution in [3.05, 3.63) is 82.9 Å². The van der Waals surface area contributed by atoms with Crippen LogP contribution in [0.4, 0.5) is 10.1 Å². The monoisotopic (exact) mass is 632 g/mol. The van der Waals surface area contributed by atoms with E-state index < -0.39 is 5.41 Å². The number of aryl methyl sites for hydroxylation is 1. The lowest BCUT2D eigenvalue weighted by Gasteiger charge is -2.37. The summed E-state index contributed by atoms with van der Waals surface area (Å²) in [4.78, 5) is 17.1. The molecule has 0 bridgehead atoms. The highest BCUT2D eigenvalue weighted by atomic mass is 19.1. The van der Waals surface area contributed by atoms with Crippen molar-refractivity contribution in [2.45, 2.75) is 73.3 Å². The van der Waals surface area contributed by atoms with Gasteiger partial charge in [0.1, 0.15) is 23.9 Å². The fourth-order valence-electron chi connectivity index (χ4n) is 6.12. The Balaban J connectivity index is 0.00000235. The summed E-state index contributed by atoms with van der Waals surface area (Å²) in [5.74, 6) is 2.71. The van der Waals surface area contributed by atoms with E-state index in [2.05, 4.69) is 53.1 Å². The van der Waals surface area contributed by atoms with Gasteiger partial charge in [-0.2, -0.15) is 0 Å². The molecule has 1 aliphatic carbocycles. The van der Waals surface area contributed by atoms with Crippen molar-refractivity contribution in [3.8, 4) is 17.2 Å². The molecule has 3 aromatic rings. The summed E-state index contributed by atoms with van der Waals surface area (Å²) in [5.41, 5.74) is 5.80. The molecule has 0 N–H and O–H groups in total. The van der Waals surface area contributed by atoms with Crippen molar-refractivity contribution >= 4 is 11.7 Å². The summed E-state index contributed by atoms with van der Waals surface area (Å²) in [7, 11) is 1.72. The molecule has 0 radical (unpaired) electrons. The minimum atomic E-state index is -0.538. The van der Waals surface area contributed by atoms with Crippen LogP contribution < -0.4 is 19.1 Å². The maximum absolute atomic E-state index is 12.7. The van der Waals surface area contributed by atoms with Crippen LogP contribution in [0.1, 0.15) is 76.1 Å². The van der Waals surface area contributed by atoms with Gasteiger partial charge in [-0.15, -0.1) is 0 Å². The third kappa shape index (κ3) is 9.03. The van der Waals surface area contributed by atoms with Crippen LogP contribution >= 0.6 is 0 Å². The van der Waals surface area contributed by atoms with Crippen molar-refractivity contribution in [1.82, 2.24) is 4.90 Å². The largest absolute Gasteiger partial charge is 0.497 e. The number of anilines is 1. The van der Waals surface area contributed by atoms with Gasteiger partial charge in [-0.25, -0.2) is 0 Å². The van der Waals surface area contributed by atoms with Crippen molar-refractivity contribution < 1.29 is 23.4 Å². The third-order valence-corrected chi connectivity index (χ3v) is 8.85. The van der Waals surface area contributed by atoms with Gasteiger partial charge in [0, 0.05) is 50.4 Å². The van der Waals surface area contributed by atoms with Crippen LogP contribution in [0.2, 0.25) is 0 Å². The number of hydrogen-bond donors (Lipinski definition) is 0. The summed E-state index contributed by atoms with van der Waals surface area (Å²) in [6.45, 7) is 16.3. The molecular formula is C39H53FN2O4. The quantitative estimate of drug-likeness (QED) is 0.148. The minimum Gasteiger partial charge on any atom is -0.497 e. The fraction of sp³-hybridized carbons (Fsp3) is 0.513. The van der Waals surface area contributed by atoms with Gasteiger partial charge < -0.3 is 19.1 Å². The predicted octanol–water partition coefficient (Wildman–Crippen LogP) is 8.25. The second-order valence-electron chi connectivity index (χ2n) is 13.2. The topological polar surface area (TPSA) is 51.2 Å². The second-order valence-corrected chi connectivity index (χ2v) is 13.2. The van der Waals surface area contributed by atoms with E-state index in [9.17, 15) is 9.18 Å². The number of methoxy groups -OCH3 is 1. The van der Waals surface area contributed by atoms with E-state index in [1.54, 1.807) is 7.11 Å². The van der Waals surface area contributed by atoms with Gasteiger partial charge in [0.05, 0.1) is 19.2 Å². The van der Waals surface area contributed by atoms with E-state index in [1.165, 1.54) is 27.9 Å². The molecular weight excluding hydrogens is 579 g/mol. The van der Waals surface area contributed by atoms with Gasteiger partial charge in [-0.3, -0.25) is 14.1 Å². The van der Waals surface area contributed by atoms with Gasteiger partial charge in [-0.05, 0) is 105 Å². The number of halogens is 1. The zero-order chi connectivity index (χ0) is 33.3. The molecule has 7 heteroatoms. The lowest BCUT2D eigenvalue weighted by molar-refractivity contribution is -0.143. The first kappa shape index (κ1) is 35.3. The van der Waals surface area contributed by atoms with Crippen molar-refractivity contribution in [1.29, 1.82) is 0 Å². The number of fused-ring (bicyclic) bond motifs is 1. The molecule has 1 fully saturated rings. The molecule has 1 saturated heterocycles. The maximum atomic E-state index is 12.7. The van der Waals surface area contributed by atoms with Crippen LogP contribution in [0.25, 0.3) is 0 Å². The lowest BCUT2D eigenvalue weighted by Crippen LogP contribution is -2.49. The molecule has 1 aliphatic heterocycles. The molecule has 0 saturated carbocycles. The Morgan fingerprint density at radius 2 is 1.65 bits per heavy atom. The van der Waals surface area contributed by atoms with E-state index in [0.717, 1.165) is 63.5 Å². The SMILES string of the molecule is CC.CCN(Cc1ccc(OCCN2CC(CF)C2)cc1)c1cc(OC)ccc1C1CCc2cc(OC(=O)C(C)(C)C)ccc2C1. The van der Waals surface area contributed by atoms with E-state index >= 15 is 0 Å². The number of rotatable bonds is 12. The molecule has 0 amide bonds. The zero-order valence-corrected chi connectivity index (χ0v) is 28.9. The van der Waals surface area contributed by atoms with Crippen molar-refractivity contribution in [2.75, 3.05) is 51.5 Å². The lowest BCUT2D eigenvalue weighted by atomic mass is 9.79. The number of carbonyl (C=O) groups excluding carboxylic acids is 1. The molecule has 250 valence electrons. The van der Waals surface area contributed by atoms with Crippen LogP contribution in [-0.4, -0.2) is 57.4 Å². The molecule has 0 aromatic heterocycles. The second kappa shape index (κ2) is 16.3. The number of esters is 1. The number of likely N-dealkylation sites (tertiary alicyclic amines) is 1. The highest BCUT2D eigenvalue weighted by Gasteiger charge is 2.28. The molecule has 1 atom stereocenters. The molecule has 5 rings (SSSR count). The van der Waals surface area contributed by atoms with Gasteiger partial charge in [-0.1, -0.05) is 38.1 Å². The summed E-state index contributed by atoms with van der Waals surface area (Å²) in [6, 6.07) is 20.9. The average molecular weight is 633 g/mol. The van der Waals surface area contributed by atoms with Crippen molar-refractivity contribution in [3.63, 3.8) is 0 Å². The van der Waals surface area contributed by atoms with Crippen molar-refractivity contribution in [2.24, 2.45) is 11.3 Å². The summed E-state index contributed by atoms with van der Waals surface area (Å²) < 4.78 is 29.9. The number of carbonyl (C=O) groups is 1. The van der Waals surface area contributed by atoms with E-state index in [0.29, 0.717) is 18.3 Å². The van der Waals surface area contributed by atoms with E-state index in [4.69, 9.17) is 14.2 Å². The van der Waals surface area contributed by atoms with E-state index in [1.807, 2.05) is 58.9 Å². The van der Waals surface area contributed by atoms with Gasteiger partial charge >= 0.3 is 5.97 Å². The van der Waals surface area contributed by atoms with Gasteiger partial charge in [0.15, 0.2) is 0 Å². The zero-order valence-electron chi connectivity index (χ0n) is 28.9. The Labute approximate surface area is 275 Å². The first-order valence-corrected chi connectivity index (χ1v) is 16.9. The molecule has 0 spiro atoms. The summed E-state index contributed by atoms with van der Waals surface area (Å²) in [6.07, 6.45) is 2.91.